The molecule has 0 N–H and O–H groups in total. The Kier molecular flexibility index (Phi) is 3.36. The number of aromatic nitrogens is 1. The Morgan fingerprint density at radius 2 is 2.06 bits per heavy atom. The zero-order valence-corrected chi connectivity index (χ0v) is 12.8. The van der Waals surface area contributed by atoms with Gasteiger partial charge in [-0.15, -0.1) is 0 Å². The van der Waals surface area contributed by atoms with E-state index < -0.39 is 5.54 Å². The second-order valence-corrected chi connectivity index (χ2v) is 6.11. The fourth-order valence-corrected chi connectivity index (χ4v) is 2.99. The van der Waals surface area contributed by atoms with Crippen LogP contribution < -0.4 is 4.90 Å². The molecule has 0 unspecified atom stereocenters. The number of piperazine rings is 1. The number of amides is 1. The Labute approximate surface area is 116 Å². The van der Waals surface area contributed by atoms with Crippen LogP contribution in [-0.2, 0) is 4.79 Å². The molecule has 0 aromatic carbocycles. The van der Waals surface area contributed by atoms with Crippen molar-refractivity contribution in [2.24, 2.45) is 0 Å². The molecule has 5 heteroatoms. The topological polar surface area (TPSA) is 36.4 Å². The molecule has 1 aromatic heterocycles. The van der Waals surface area contributed by atoms with E-state index in [2.05, 4.69) is 25.8 Å². The Morgan fingerprint density at radius 3 is 2.67 bits per heavy atom. The van der Waals surface area contributed by atoms with Crippen LogP contribution in [0.3, 0.4) is 0 Å². The third-order valence-corrected chi connectivity index (χ3v) is 4.00. The second kappa shape index (κ2) is 4.53. The molecule has 1 aliphatic heterocycles. The first kappa shape index (κ1) is 13.3. The minimum atomic E-state index is -0.558. The van der Waals surface area contributed by atoms with E-state index in [-0.39, 0.29) is 5.91 Å². The van der Waals surface area contributed by atoms with E-state index in [0.29, 0.717) is 0 Å². The van der Waals surface area contributed by atoms with Crippen molar-refractivity contribution < 1.29 is 4.79 Å². The molecule has 0 saturated carbocycles. The first-order chi connectivity index (χ1) is 8.34. The SMILES string of the molecule is Cc1cnc(N2CCN(C)C(=O)C2(C)C)c(Br)c1. The van der Waals surface area contributed by atoms with Crippen LogP contribution in [0.1, 0.15) is 19.4 Å². The number of aryl methyl sites for hydroxylation is 1. The predicted octanol–water partition coefficient (Wildman–Crippen LogP) is 2.21. The summed E-state index contributed by atoms with van der Waals surface area (Å²) >= 11 is 3.54. The summed E-state index contributed by atoms with van der Waals surface area (Å²) in [5.41, 5.74) is 0.543. The lowest BCUT2D eigenvalue weighted by Gasteiger charge is -2.45. The Balaban J connectivity index is 2.41. The van der Waals surface area contributed by atoms with Crippen LogP contribution in [0.4, 0.5) is 5.82 Å². The molecule has 1 saturated heterocycles. The Hall–Kier alpha value is -1.10. The molecule has 0 bridgehead atoms. The summed E-state index contributed by atoms with van der Waals surface area (Å²) < 4.78 is 0.938. The summed E-state index contributed by atoms with van der Waals surface area (Å²) in [6.07, 6.45) is 1.83. The minimum absolute atomic E-state index is 0.128. The summed E-state index contributed by atoms with van der Waals surface area (Å²) in [6.45, 7) is 7.41. The highest BCUT2D eigenvalue weighted by Crippen LogP contribution is 2.32. The second-order valence-electron chi connectivity index (χ2n) is 5.26. The van der Waals surface area contributed by atoms with Crippen molar-refractivity contribution in [3.8, 4) is 0 Å². The lowest BCUT2D eigenvalue weighted by molar-refractivity contribution is -0.136. The quantitative estimate of drug-likeness (QED) is 0.798. The number of likely N-dealkylation sites (N-methyl/N-ethyl adjacent to an activating group) is 1. The van der Waals surface area contributed by atoms with E-state index in [1.807, 2.05) is 40.1 Å². The van der Waals surface area contributed by atoms with Crippen LogP contribution in [0.15, 0.2) is 16.7 Å². The monoisotopic (exact) mass is 311 g/mol. The zero-order chi connectivity index (χ0) is 13.5. The van der Waals surface area contributed by atoms with Crippen molar-refractivity contribution in [3.63, 3.8) is 0 Å². The standard InChI is InChI=1S/C13H18BrN3O/c1-9-7-10(14)11(15-8-9)17-6-5-16(4)12(18)13(17,2)3/h7-8H,5-6H2,1-4H3. The number of halogens is 1. The first-order valence-corrected chi connectivity index (χ1v) is 6.78. The third-order valence-electron chi connectivity index (χ3n) is 3.42. The van der Waals surface area contributed by atoms with Crippen molar-refractivity contribution in [2.75, 3.05) is 25.0 Å². The average Bonchev–Trinajstić information content (AvgIpc) is 2.28. The van der Waals surface area contributed by atoms with Crippen molar-refractivity contribution in [2.45, 2.75) is 26.3 Å². The van der Waals surface area contributed by atoms with Crippen molar-refractivity contribution >= 4 is 27.7 Å². The summed E-state index contributed by atoms with van der Waals surface area (Å²) in [4.78, 5) is 20.6. The van der Waals surface area contributed by atoms with Gasteiger partial charge in [0.05, 0.1) is 4.47 Å². The van der Waals surface area contributed by atoms with Crippen molar-refractivity contribution in [1.82, 2.24) is 9.88 Å². The lowest BCUT2D eigenvalue weighted by Crippen LogP contribution is -2.62. The van der Waals surface area contributed by atoms with Gasteiger partial charge in [0.25, 0.3) is 0 Å². The largest absolute Gasteiger partial charge is 0.342 e. The predicted molar refractivity (Wildman–Crippen MR) is 75.7 cm³/mol. The number of pyridine rings is 1. The van der Waals surface area contributed by atoms with Gasteiger partial charge in [0.2, 0.25) is 5.91 Å². The fourth-order valence-electron chi connectivity index (χ4n) is 2.31. The smallest absolute Gasteiger partial charge is 0.247 e. The van der Waals surface area contributed by atoms with Gasteiger partial charge < -0.3 is 9.80 Å². The molecule has 98 valence electrons. The van der Waals surface area contributed by atoms with E-state index in [0.717, 1.165) is 28.9 Å². The van der Waals surface area contributed by atoms with Gasteiger partial charge in [0.15, 0.2) is 0 Å². The first-order valence-electron chi connectivity index (χ1n) is 5.99. The van der Waals surface area contributed by atoms with Gasteiger partial charge >= 0.3 is 0 Å². The van der Waals surface area contributed by atoms with Crippen LogP contribution >= 0.6 is 15.9 Å². The number of nitrogens with zero attached hydrogens (tertiary/aromatic N) is 3. The van der Waals surface area contributed by atoms with E-state index in [1.165, 1.54) is 0 Å². The number of anilines is 1. The van der Waals surface area contributed by atoms with Gasteiger partial charge in [0, 0.05) is 26.3 Å². The summed E-state index contributed by atoms with van der Waals surface area (Å²) in [6, 6.07) is 2.03. The van der Waals surface area contributed by atoms with E-state index in [4.69, 9.17) is 0 Å². The summed E-state index contributed by atoms with van der Waals surface area (Å²) in [5.74, 6) is 0.968. The molecule has 0 spiro atoms. The normalized spacial score (nSPS) is 19.3. The molecule has 1 amide bonds. The molecule has 18 heavy (non-hydrogen) atoms. The van der Waals surface area contributed by atoms with Gasteiger partial charge in [-0.1, -0.05) is 0 Å². The molecule has 0 radical (unpaired) electrons. The summed E-state index contributed by atoms with van der Waals surface area (Å²) in [5, 5.41) is 0. The van der Waals surface area contributed by atoms with Crippen LogP contribution in [0.5, 0.6) is 0 Å². The van der Waals surface area contributed by atoms with Crippen LogP contribution in [0.2, 0.25) is 0 Å². The molecule has 4 nitrogen and oxygen atoms in total. The maximum absolute atomic E-state index is 12.2. The molecular formula is C13H18BrN3O. The number of hydrogen-bond acceptors (Lipinski definition) is 3. The third kappa shape index (κ3) is 2.11. The maximum atomic E-state index is 12.2. The van der Waals surface area contributed by atoms with Crippen molar-refractivity contribution in [1.29, 1.82) is 0 Å². The van der Waals surface area contributed by atoms with Gasteiger partial charge in [0.1, 0.15) is 11.4 Å². The van der Waals surface area contributed by atoms with E-state index >= 15 is 0 Å². The van der Waals surface area contributed by atoms with Gasteiger partial charge in [-0.2, -0.15) is 0 Å². The molecule has 1 fully saturated rings. The number of carbonyl (C=O) groups is 1. The summed E-state index contributed by atoms with van der Waals surface area (Å²) in [7, 11) is 1.85. The van der Waals surface area contributed by atoms with Crippen molar-refractivity contribution in [3.05, 3.63) is 22.3 Å². The maximum Gasteiger partial charge on any atom is 0.247 e. The lowest BCUT2D eigenvalue weighted by atomic mass is 9.98. The minimum Gasteiger partial charge on any atom is -0.342 e. The van der Waals surface area contributed by atoms with Crippen LogP contribution in [0.25, 0.3) is 0 Å². The van der Waals surface area contributed by atoms with Crippen LogP contribution in [0, 0.1) is 6.92 Å². The Bertz CT molecular complexity index is 487. The molecular weight excluding hydrogens is 294 g/mol. The zero-order valence-electron chi connectivity index (χ0n) is 11.2. The number of hydrogen-bond donors (Lipinski definition) is 0. The molecule has 2 heterocycles. The molecule has 0 aliphatic carbocycles. The van der Waals surface area contributed by atoms with Gasteiger partial charge in [-0.05, 0) is 48.3 Å². The van der Waals surface area contributed by atoms with Gasteiger partial charge in [-0.25, -0.2) is 4.98 Å². The molecule has 1 aliphatic rings. The number of rotatable bonds is 1. The highest BCUT2D eigenvalue weighted by Gasteiger charge is 2.41. The average molecular weight is 312 g/mol. The molecule has 0 atom stereocenters. The molecule has 2 rings (SSSR count). The van der Waals surface area contributed by atoms with Gasteiger partial charge in [-0.3, -0.25) is 4.79 Å². The highest BCUT2D eigenvalue weighted by molar-refractivity contribution is 9.10. The Morgan fingerprint density at radius 1 is 1.39 bits per heavy atom. The van der Waals surface area contributed by atoms with Crippen LogP contribution in [-0.4, -0.2) is 41.5 Å². The van der Waals surface area contributed by atoms with E-state index in [1.54, 1.807) is 4.90 Å². The fraction of sp³-hybridized carbons (Fsp3) is 0.538. The highest BCUT2D eigenvalue weighted by atomic mass is 79.9. The number of carbonyl (C=O) groups excluding carboxylic acids is 1. The molecule has 1 aromatic rings. The van der Waals surface area contributed by atoms with E-state index in [9.17, 15) is 4.79 Å².